The fourth-order valence-electron chi connectivity index (χ4n) is 2.64. The number of rotatable bonds is 9. The second-order valence-corrected chi connectivity index (χ2v) is 6.15. The Hall–Kier alpha value is -4.74. The third-order valence-electron chi connectivity index (χ3n) is 4.09. The molecule has 0 aliphatic rings. The summed E-state index contributed by atoms with van der Waals surface area (Å²) in [6.07, 6.45) is 1.24. The number of para-hydroxylation sites is 2. The predicted octanol–water partition coefficient (Wildman–Crippen LogP) is 3.30. The molecule has 32 heavy (non-hydrogen) atoms. The van der Waals surface area contributed by atoms with Crippen LogP contribution < -0.4 is 14.9 Å². The highest BCUT2D eigenvalue weighted by atomic mass is 16.6. The molecule has 0 fully saturated rings. The molecule has 1 heterocycles. The number of hydrogen-bond donors (Lipinski definition) is 1. The second kappa shape index (κ2) is 9.84. The van der Waals surface area contributed by atoms with Gasteiger partial charge in [-0.15, -0.1) is 0 Å². The van der Waals surface area contributed by atoms with Crippen molar-refractivity contribution >= 4 is 23.5 Å². The van der Waals surface area contributed by atoms with Crippen LogP contribution in [0.3, 0.4) is 0 Å². The molecule has 3 aromatic rings. The number of ether oxygens (including phenoxy) is 2. The van der Waals surface area contributed by atoms with Gasteiger partial charge in [0.25, 0.3) is 11.6 Å². The van der Waals surface area contributed by atoms with Gasteiger partial charge in [-0.05, 0) is 24.3 Å². The molecule has 2 aromatic carbocycles. The first-order valence-electron chi connectivity index (χ1n) is 9.00. The van der Waals surface area contributed by atoms with Gasteiger partial charge in [0.1, 0.15) is 17.3 Å². The maximum Gasteiger partial charge on any atom is 0.310 e. The summed E-state index contributed by atoms with van der Waals surface area (Å²) in [5.41, 5.74) is 2.34. The average molecular weight is 440 g/mol. The third kappa shape index (κ3) is 5.24. The first kappa shape index (κ1) is 22.0. The highest BCUT2D eigenvalue weighted by molar-refractivity contribution is 5.82. The largest absolute Gasteiger partial charge is 0.496 e. The van der Waals surface area contributed by atoms with Crippen molar-refractivity contribution in [1.29, 1.82) is 0 Å². The van der Waals surface area contributed by atoms with Gasteiger partial charge in [0.05, 0.1) is 34.8 Å². The molecule has 0 atom stereocenters. The number of furan rings is 1. The van der Waals surface area contributed by atoms with Crippen LogP contribution in [0.5, 0.6) is 11.5 Å². The van der Waals surface area contributed by atoms with Gasteiger partial charge >= 0.3 is 5.69 Å². The minimum Gasteiger partial charge on any atom is -0.496 e. The second-order valence-electron chi connectivity index (χ2n) is 6.15. The zero-order valence-electron chi connectivity index (χ0n) is 16.6. The maximum absolute atomic E-state index is 11.9. The number of methoxy groups -OCH3 is 1. The number of carbonyl (C=O) groups is 1. The molecule has 0 bridgehead atoms. The summed E-state index contributed by atoms with van der Waals surface area (Å²) in [6.45, 7) is -0.481. The monoisotopic (exact) mass is 440 g/mol. The lowest BCUT2D eigenvalue weighted by atomic mass is 10.1. The summed E-state index contributed by atoms with van der Waals surface area (Å²) < 4.78 is 16.0. The number of nitro benzene ring substituents is 2. The Morgan fingerprint density at radius 3 is 2.59 bits per heavy atom. The smallest absolute Gasteiger partial charge is 0.310 e. The summed E-state index contributed by atoms with van der Waals surface area (Å²) in [5, 5.41) is 25.6. The van der Waals surface area contributed by atoms with E-state index in [-0.39, 0.29) is 22.9 Å². The van der Waals surface area contributed by atoms with Gasteiger partial charge in [-0.3, -0.25) is 25.0 Å². The summed E-state index contributed by atoms with van der Waals surface area (Å²) in [7, 11) is 1.38. The molecule has 0 aliphatic heterocycles. The molecule has 1 aromatic heterocycles. The van der Waals surface area contributed by atoms with E-state index in [9.17, 15) is 25.0 Å². The Kier molecular flexibility index (Phi) is 6.75. The van der Waals surface area contributed by atoms with E-state index in [1.54, 1.807) is 18.2 Å². The van der Waals surface area contributed by atoms with Gasteiger partial charge < -0.3 is 13.9 Å². The van der Waals surface area contributed by atoms with E-state index >= 15 is 0 Å². The topological polar surface area (TPSA) is 159 Å². The molecule has 0 unspecified atom stereocenters. The van der Waals surface area contributed by atoms with Gasteiger partial charge in [-0.1, -0.05) is 12.1 Å². The van der Waals surface area contributed by atoms with E-state index in [4.69, 9.17) is 13.9 Å². The van der Waals surface area contributed by atoms with Crippen molar-refractivity contribution in [3.63, 3.8) is 0 Å². The zero-order chi connectivity index (χ0) is 23.1. The van der Waals surface area contributed by atoms with Crippen molar-refractivity contribution in [2.24, 2.45) is 5.10 Å². The quantitative estimate of drug-likeness (QED) is 0.301. The van der Waals surface area contributed by atoms with Crippen LogP contribution in [0.15, 0.2) is 64.1 Å². The van der Waals surface area contributed by atoms with E-state index in [0.29, 0.717) is 17.1 Å². The average Bonchev–Trinajstić information content (AvgIpc) is 3.26. The number of non-ortho nitro benzene ring substituents is 1. The molecule has 1 amide bonds. The number of hydrazone groups is 1. The first-order chi connectivity index (χ1) is 15.4. The summed E-state index contributed by atoms with van der Waals surface area (Å²) >= 11 is 0. The highest BCUT2D eigenvalue weighted by Gasteiger charge is 2.16. The minimum atomic E-state index is -0.636. The van der Waals surface area contributed by atoms with E-state index in [2.05, 4.69) is 10.5 Å². The van der Waals surface area contributed by atoms with Crippen LogP contribution in [0.1, 0.15) is 5.76 Å². The van der Waals surface area contributed by atoms with Gasteiger partial charge in [0, 0.05) is 12.1 Å². The van der Waals surface area contributed by atoms with Crippen LogP contribution in [0.25, 0.3) is 11.3 Å². The lowest BCUT2D eigenvalue weighted by molar-refractivity contribution is -0.385. The Morgan fingerprint density at radius 1 is 1.09 bits per heavy atom. The van der Waals surface area contributed by atoms with Gasteiger partial charge in [-0.2, -0.15) is 5.10 Å². The number of nitrogens with one attached hydrogen (secondary N) is 1. The van der Waals surface area contributed by atoms with Crippen LogP contribution in [0.4, 0.5) is 11.4 Å². The molecular weight excluding hydrogens is 424 g/mol. The molecule has 0 aliphatic carbocycles. The molecule has 1 N–H and O–H groups in total. The Labute approximate surface area is 180 Å². The van der Waals surface area contributed by atoms with Crippen molar-refractivity contribution in [3.8, 4) is 22.8 Å². The van der Waals surface area contributed by atoms with E-state index in [1.165, 1.54) is 49.7 Å². The minimum absolute atomic E-state index is 0.0376. The maximum atomic E-state index is 11.9. The summed E-state index contributed by atoms with van der Waals surface area (Å²) in [5.74, 6) is 0.259. The van der Waals surface area contributed by atoms with Crippen molar-refractivity contribution in [2.45, 2.75) is 0 Å². The lowest BCUT2D eigenvalue weighted by Gasteiger charge is -2.05. The van der Waals surface area contributed by atoms with Crippen molar-refractivity contribution < 1.29 is 28.5 Å². The molecule has 0 spiro atoms. The number of carbonyl (C=O) groups excluding carboxylic acids is 1. The number of nitrogens with zero attached hydrogens (tertiary/aromatic N) is 3. The highest BCUT2D eigenvalue weighted by Crippen LogP contribution is 2.34. The fraction of sp³-hybridized carbons (Fsp3) is 0.100. The van der Waals surface area contributed by atoms with Crippen LogP contribution in [-0.2, 0) is 4.79 Å². The van der Waals surface area contributed by atoms with Gasteiger partial charge in [0.2, 0.25) is 0 Å². The molecule has 0 saturated heterocycles. The summed E-state index contributed by atoms with van der Waals surface area (Å²) in [4.78, 5) is 32.6. The van der Waals surface area contributed by atoms with Gasteiger partial charge in [-0.25, -0.2) is 5.43 Å². The molecule has 164 valence electrons. The predicted molar refractivity (Wildman–Crippen MR) is 112 cm³/mol. The van der Waals surface area contributed by atoms with Crippen molar-refractivity contribution in [1.82, 2.24) is 5.43 Å². The Morgan fingerprint density at radius 2 is 1.88 bits per heavy atom. The molecule has 0 radical (unpaired) electrons. The number of benzene rings is 2. The molecule has 3 rings (SSSR count). The molecular formula is C20H16N4O8. The van der Waals surface area contributed by atoms with Crippen molar-refractivity contribution in [3.05, 3.63) is 80.6 Å². The van der Waals surface area contributed by atoms with Gasteiger partial charge in [0.15, 0.2) is 12.4 Å². The lowest BCUT2D eigenvalue weighted by Crippen LogP contribution is -2.24. The standard InChI is InChI=1S/C20H16N4O8/c1-30-19-10-13(23(26)27)6-8-15(19)17-9-7-14(32-17)11-21-22-20(25)12-31-18-5-3-2-4-16(18)24(28)29/h2-11H,12H2,1H3,(H,22,25)/b21-11+. The van der Waals surface area contributed by atoms with Crippen LogP contribution in [-0.4, -0.2) is 35.7 Å². The first-order valence-corrected chi connectivity index (χ1v) is 9.00. The normalized spacial score (nSPS) is 10.7. The summed E-state index contributed by atoms with van der Waals surface area (Å²) in [6, 6.07) is 13.0. The molecule has 12 nitrogen and oxygen atoms in total. The van der Waals surface area contributed by atoms with Crippen LogP contribution in [0.2, 0.25) is 0 Å². The van der Waals surface area contributed by atoms with E-state index in [1.807, 2.05) is 0 Å². The Bertz CT molecular complexity index is 1190. The van der Waals surface area contributed by atoms with Crippen LogP contribution >= 0.6 is 0 Å². The van der Waals surface area contributed by atoms with Crippen molar-refractivity contribution in [2.75, 3.05) is 13.7 Å². The van der Waals surface area contributed by atoms with E-state index < -0.39 is 22.4 Å². The Balaban J connectivity index is 1.60. The third-order valence-corrected chi connectivity index (χ3v) is 4.09. The zero-order valence-corrected chi connectivity index (χ0v) is 16.6. The molecule has 12 heteroatoms. The van der Waals surface area contributed by atoms with E-state index in [0.717, 1.165) is 0 Å². The fourth-order valence-corrected chi connectivity index (χ4v) is 2.64. The van der Waals surface area contributed by atoms with Crippen LogP contribution in [0, 0.1) is 20.2 Å². The SMILES string of the molecule is COc1cc([N+](=O)[O-])ccc1-c1ccc(/C=N/NC(=O)COc2ccccc2[N+](=O)[O-])o1. The number of hydrogen-bond acceptors (Lipinski definition) is 9. The molecule has 0 saturated carbocycles. The number of nitro groups is 2. The number of amides is 1.